The van der Waals surface area contributed by atoms with Gasteiger partial charge in [-0.3, -0.25) is 0 Å². The van der Waals surface area contributed by atoms with Crippen molar-refractivity contribution in [2.45, 2.75) is 47.0 Å². The molecule has 0 radical (unpaired) electrons. The molecule has 0 aliphatic carbocycles. The van der Waals surface area contributed by atoms with Crippen LogP contribution < -0.4 is 16.4 Å². The van der Waals surface area contributed by atoms with Crippen molar-refractivity contribution in [1.82, 2.24) is 0 Å². The summed E-state index contributed by atoms with van der Waals surface area (Å²) in [6, 6.07) is 24.6. The number of quaternary nitrogens is 1. The van der Waals surface area contributed by atoms with Crippen molar-refractivity contribution in [2.24, 2.45) is 0 Å². The van der Waals surface area contributed by atoms with Crippen LogP contribution in [0.5, 0.6) is 0 Å². The van der Waals surface area contributed by atoms with Crippen LogP contribution >= 0.6 is 0 Å². The third kappa shape index (κ3) is 7.40. The van der Waals surface area contributed by atoms with Crippen molar-refractivity contribution in [3.05, 3.63) is 89.0 Å². The highest BCUT2D eigenvalue weighted by molar-refractivity contribution is 6.96. The molecule has 0 fully saturated rings. The summed E-state index contributed by atoms with van der Waals surface area (Å²) in [4.78, 5) is 0. The highest BCUT2D eigenvalue weighted by Gasteiger charge is 2.27. The predicted molar refractivity (Wildman–Crippen MR) is 141 cm³/mol. The first-order chi connectivity index (χ1) is 14.6. The van der Waals surface area contributed by atoms with Gasteiger partial charge in [0.2, 0.25) is 6.71 Å². The average Bonchev–Trinajstić information content (AvgIpc) is 2.69. The Hall–Kier alpha value is -2.32. The standard InChI is InChI=1S/C25H29B.C4H12N/c1-5-6-15-22-16-11-14-21(4)25(22)26(23-17-9-7-12-19(23)2)24-18-10-8-13-20(24)3;1-5(2,3)4/h7-14,16-18H,5-6,15H2,1-4H3;1-4H3/q;+1. The fourth-order valence-corrected chi connectivity index (χ4v) is 4.04. The SMILES string of the molecule is CCCCc1cccc(C)c1B(c1ccccc1C)c1ccccc1C.C[N+](C)(C)C. The van der Waals surface area contributed by atoms with Gasteiger partial charge in [0.25, 0.3) is 0 Å². The molecular weight excluding hydrogens is 373 g/mol. The van der Waals surface area contributed by atoms with E-state index in [0.29, 0.717) is 6.71 Å². The van der Waals surface area contributed by atoms with Gasteiger partial charge in [0.15, 0.2) is 0 Å². The molecule has 0 saturated carbocycles. The zero-order chi connectivity index (χ0) is 23.0. The van der Waals surface area contributed by atoms with E-state index in [-0.39, 0.29) is 0 Å². The first kappa shape index (κ1) is 24.9. The second-order valence-electron chi connectivity index (χ2n) is 10.1. The van der Waals surface area contributed by atoms with E-state index < -0.39 is 0 Å². The molecule has 0 heterocycles. The summed E-state index contributed by atoms with van der Waals surface area (Å²) in [5, 5.41) is 0. The molecule has 0 aliphatic rings. The van der Waals surface area contributed by atoms with Gasteiger partial charge in [-0.05, 0) is 33.6 Å². The van der Waals surface area contributed by atoms with E-state index in [4.69, 9.17) is 0 Å². The quantitative estimate of drug-likeness (QED) is 0.402. The molecule has 31 heavy (non-hydrogen) atoms. The van der Waals surface area contributed by atoms with Gasteiger partial charge in [0.1, 0.15) is 0 Å². The lowest BCUT2D eigenvalue weighted by atomic mass is 9.34. The van der Waals surface area contributed by atoms with Gasteiger partial charge >= 0.3 is 0 Å². The van der Waals surface area contributed by atoms with Gasteiger partial charge in [0.05, 0.1) is 28.2 Å². The number of nitrogens with zero attached hydrogens (tertiary/aromatic N) is 1. The van der Waals surface area contributed by atoms with Crippen LogP contribution in [-0.2, 0) is 6.42 Å². The highest BCUT2D eigenvalue weighted by atomic mass is 15.2. The molecule has 0 saturated heterocycles. The maximum atomic E-state index is 2.33. The number of benzene rings is 3. The van der Waals surface area contributed by atoms with E-state index in [9.17, 15) is 0 Å². The second-order valence-corrected chi connectivity index (χ2v) is 10.1. The molecule has 0 amide bonds. The minimum Gasteiger partial charge on any atom is -0.333 e. The molecule has 0 atom stereocenters. The highest BCUT2D eigenvalue weighted by Crippen LogP contribution is 2.11. The zero-order valence-electron chi connectivity index (χ0n) is 21.0. The summed E-state index contributed by atoms with van der Waals surface area (Å²) in [6.45, 7) is 9.32. The van der Waals surface area contributed by atoms with E-state index in [1.54, 1.807) is 0 Å². The van der Waals surface area contributed by atoms with Crippen LogP contribution in [-0.4, -0.2) is 39.4 Å². The van der Waals surface area contributed by atoms with Gasteiger partial charge in [-0.25, -0.2) is 0 Å². The minimum absolute atomic E-state index is 0.297. The maximum Gasteiger partial charge on any atom is 0.242 e. The summed E-state index contributed by atoms with van der Waals surface area (Å²) in [6.07, 6.45) is 3.62. The molecular formula is C29H41BN+. The van der Waals surface area contributed by atoms with Crippen LogP contribution in [0.3, 0.4) is 0 Å². The summed E-state index contributed by atoms with van der Waals surface area (Å²) in [7, 11) is 8.50. The summed E-state index contributed by atoms with van der Waals surface area (Å²) >= 11 is 0. The fraction of sp³-hybridized carbons (Fsp3) is 0.379. The molecule has 164 valence electrons. The van der Waals surface area contributed by atoms with Crippen LogP contribution in [0, 0.1) is 20.8 Å². The van der Waals surface area contributed by atoms with Gasteiger partial charge in [-0.1, -0.05) is 119 Å². The van der Waals surface area contributed by atoms with Crippen molar-refractivity contribution in [1.29, 1.82) is 0 Å². The van der Waals surface area contributed by atoms with Gasteiger partial charge in [0, 0.05) is 0 Å². The smallest absolute Gasteiger partial charge is 0.242 e. The van der Waals surface area contributed by atoms with Gasteiger partial charge < -0.3 is 4.48 Å². The molecule has 0 aliphatic heterocycles. The lowest BCUT2D eigenvalue weighted by Gasteiger charge is -2.24. The normalized spacial score (nSPS) is 11.0. The molecule has 2 heteroatoms. The lowest BCUT2D eigenvalue weighted by Crippen LogP contribution is -2.55. The zero-order valence-corrected chi connectivity index (χ0v) is 21.0. The van der Waals surface area contributed by atoms with Crippen LogP contribution in [0.1, 0.15) is 42.0 Å². The number of rotatable bonds is 6. The first-order valence-corrected chi connectivity index (χ1v) is 11.6. The Bertz CT molecular complexity index is 917. The number of hydrogen-bond donors (Lipinski definition) is 0. The third-order valence-electron chi connectivity index (χ3n) is 5.50. The van der Waals surface area contributed by atoms with Crippen molar-refractivity contribution < 1.29 is 4.48 Å². The predicted octanol–water partition coefficient (Wildman–Crippen LogP) is 4.79. The maximum absolute atomic E-state index is 2.33. The molecule has 3 aromatic rings. The largest absolute Gasteiger partial charge is 0.333 e. The molecule has 0 aromatic heterocycles. The molecule has 1 nitrogen and oxygen atoms in total. The number of unbranched alkanes of at least 4 members (excludes halogenated alkanes) is 1. The Labute approximate surface area is 191 Å². The molecule has 0 unspecified atom stereocenters. The number of hydrogen-bond acceptors (Lipinski definition) is 0. The Kier molecular flexibility index (Phi) is 9.13. The Morgan fingerprint density at radius 3 is 1.55 bits per heavy atom. The molecule has 0 spiro atoms. The summed E-state index contributed by atoms with van der Waals surface area (Å²) in [5.74, 6) is 0. The lowest BCUT2D eigenvalue weighted by molar-refractivity contribution is -0.849. The van der Waals surface area contributed by atoms with Crippen LogP contribution in [0.2, 0.25) is 0 Å². The monoisotopic (exact) mass is 414 g/mol. The van der Waals surface area contributed by atoms with Crippen molar-refractivity contribution >= 4 is 23.1 Å². The summed E-state index contributed by atoms with van der Waals surface area (Å²) in [5.41, 5.74) is 9.99. The second kappa shape index (κ2) is 11.3. The molecule has 3 rings (SSSR count). The molecule has 3 aromatic carbocycles. The van der Waals surface area contributed by atoms with Gasteiger partial charge in [-0.15, -0.1) is 0 Å². The van der Waals surface area contributed by atoms with Crippen LogP contribution in [0.15, 0.2) is 66.7 Å². The Morgan fingerprint density at radius 1 is 0.645 bits per heavy atom. The van der Waals surface area contributed by atoms with E-state index >= 15 is 0 Å². The molecule has 0 N–H and O–H groups in total. The van der Waals surface area contributed by atoms with Crippen molar-refractivity contribution in [3.63, 3.8) is 0 Å². The molecule has 0 bridgehead atoms. The van der Waals surface area contributed by atoms with Crippen molar-refractivity contribution in [3.8, 4) is 0 Å². The summed E-state index contributed by atoms with van der Waals surface area (Å²) < 4.78 is 1.00. The Balaban J connectivity index is 0.000000614. The third-order valence-corrected chi connectivity index (χ3v) is 5.50. The minimum atomic E-state index is 0.297. The van der Waals surface area contributed by atoms with Gasteiger partial charge in [-0.2, -0.15) is 0 Å². The van der Waals surface area contributed by atoms with Crippen molar-refractivity contribution in [2.75, 3.05) is 28.2 Å². The van der Waals surface area contributed by atoms with Crippen LogP contribution in [0.4, 0.5) is 0 Å². The van der Waals surface area contributed by atoms with E-state index in [2.05, 4.69) is 123 Å². The number of aryl methyl sites for hydroxylation is 4. The first-order valence-electron chi connectivity index (χ1n) is 11.6. The fourth-order valence-electron chi connectivity index (χ4n) is 4.04. The van der Waals surface area contributed by atoms with E-state index in [1.165, 1.54) is 51.5 Å². The Morgan fingerprint density at radius 2 is 1.10 bits per heavy atom. The van der Waals surface area contributed by atoms with Crippen LogP contribution in [0.25, 0.3) is 0 Å². The topological polar surface area (TPSA) is 0 Å². The average molecular weight is 414 g/mol. The van der Waals surface area contributed by atoms with E-state index in [1.807, 2.05) is 0 Å². The van der Waals surface area contributed by atoms with E-state index in [0.717, 1.165) is 10.9 Å².